The largest absolute Gasteiger partial charge is 0.507 e. The van der Waals surface area contributed by atoms with Gasteiger partial charge in [-0.1, -0.05) is 0 Å². The number of methoxy groups -OCH3 is 1. The summed E-state index contributed by atoms with van der Waals surface area (Å²) in [5.74, 6) is -3.77. The lowest BCUT2D eigenvalue weighted by Gasteiger charge is -2.06. The summed E-state index contributed by atoms with van der Waals surface area (Å²) in [6.45, 7) is 0.935. The highest BCUT2D eigenvalue weighted by Gasteiger charge is 2.19. The number of carbonyl (C=O) groups is 1. The SMILES string of the molecule is COCCn1cc(NC(=O)c2c(O)cc(F)cc2F)cn1. The molecule has 0 unspecified atom stereocenters. The number of rotatable bonds is 5. The molecule has 0 aliphatic heterocycles. The summed E-state index contributed by atoms with van der Waals surface area (Å²) >= 11 is 0. The molecule has 6 nitrogen and oxygen atoms in total. The van der Waals surface area contributed by atoms with Crippen LogP contribution in [0.4, 0.5) is 14.5 Å². The maximum atomic E-state index is 13.5. The Morgan fingerprint density at radius 2 is 2.24 bits per heavy atom. The summed E-state index contributed by atoms with van der Waals surface area (Å²) in [6, 6.07) is 1.19. The molecule has 2 aromatic rings. The molecule has 0 radical (unpaired) electrons. The minimum absolute atomic E-state index is 0.319. The summed E-state index contributed by atoms with van der Waals surface area (Å²) in [6.07, 6.45) is 2.89. The Balaban J connectivity index is 2.13. The van der Waals surface area contributed by atoms with Gasteiger partial charge in [-0.15, -0.1) is 0 Å². The van der Waals surface area contributed by atoms with Crippen LogP contribution in [0.15, 0.2) is 24.5 Å². The van der Waals surface area contributed by atoms with E-state index in [0.29, 0.717) is 31.0 Å². The van der Waals surface area contributed by atoms with E-state index in [0.717, 1.165) is 0 Å². The van der Waals surface area contributed by atoms with Crippen LogP contribution in [0.25, 0.3) is 0 Å². The molecule has 0 aliphatic rings. The minimum atomic E-state index is -1.14. The highest BCUT2D eigenvalue weighted by Crippen LogP contribution is 2.23. The third-order valence-electron chi connectivity index (χ3n) is 2.68. The van der Waals surface area contributed by atoms with Gasteiger partial charge in [0.25, 0.3) is 5.91 Å². The lowest BCUT2D eigenvalue weighted by Crippen LogP contribution is -2.14. The Morgan fingerprint density at radius 3 is 2.90 bits per heavy atom. The number of phenols is 1. The average Bonchev–Trinajstić information content (AvgIpc) is 2.82. The van der Waals surface area contributed by atoms with Gasteiger partial charge in [0, 0.05) is 25.4 Å². The monoisotopic (exact) mass is 297 g/mol. The van der Waals surface area contributed by atoms with Crippen LogP contribution < -0.4 is 5.32 Å². The molecule has 0 bridgehead atoms. The van der Waals surface area contributed by atoms with Crippen molar-refractivity contribution in [2.45, 2.75) is 6.54 Å². The van der Waals surface area contributed by atoms with Gasteiger partial charge in [0.05, 0.1) is 25.0 Å². The first kappa shape index (κ1) is 14.9. The molecule has 1 heterocycles. The summed E-state index contributed by atoms with van der Waals surface area (Å²) < 4.78 is 32.8. The number of halogens is 2. The third kappa shape index (κ3) is 3.54. The molecule has 0 atom stereocenters. The van der Waals surface area contributed by atoms with Gasteiger partial charge in [-0.2, -0.15) is 5.10 Å². The number of aromatic nitrogens is 2. The van der Waals surface area contributed by atoms with Crippen molar-refractivity contribution in [3.8, 4) is 5.75 Å². The van der Waals surface area contributed by atoms with E-state index < -0.39 is 28.9 Å². The van der Waals surface area contributed by atoms with E-state index in [2.05, 4.69) is 10.4 Å². The molecule has 0 fully saturated rings. The van der Waals surface area contributed by atoms with E-state index in [1.807, 2.05) is 0 Å². The number of benzene rings is 1. The third-order valence-corrected chi connectivity index (χ3v) is 2.68. The zero-order valence-corrected chi connectivity index (χ0v) is 11.1. The highest BCUT2D eigenvalue weighted by atomic mass is 19.1. The van der Waals surface area contributed by atoms with E-state index in [1.165, 1.54) is 17.1 Å². The van der Waals surface area contributed by atoms with Crippen molar-refractivity contribution in [3.05, 3.63) is 41.7 Å². The number of hydrogen-bond donors (Lipinski definition) is 2. The molecular weight excluding hydrogens is 284 g/mol. The van der Waals surface area contributed by atoms with Crippen LogP contribution in [0.5, 0.6) is 5.75 Å². The number of nitrogens with one attached hydrogen (secondary N) is 1. The first-order chi connectivity index (χ1) is 10.0. The fourth-order valence-corrected chi connectivity index (χ4v) is 1.71. The lowest BCUT2D eigenvalue weighted by molar-refractivity contribution is 0.102. The Kier molecular flexibility index (Phi) is 4.49. The molecule has 2 N–H and O–H groups in total. The molecule has 0 saturated carbocycles. The van der Waals surface area contributed by atoms with Crippen LogP contribution in [0.1, 0.15) is 10.4 Å². The smallest absolute Gasteiger partial charge is 0.262 e. The maximum absolute atomic E-state index is 13.5. The minimum Gasteiger partial charge on any atom is -0.507 e. The van der Waals surface area contributed by atoms with Gasteiger partial charge in [-0.3, -0.25) is 9.48 Å². The van der Waals surface area contributed by atoms with E-state index >= 15 is 0 Å². The zero-order chi connectivity index (χ0) is 15.4. The predicted octanol–water partition coefficient (Wildman–Crippen LogP) is 1.77. The van der Waals surface area contributed by atoms with E-state index in [4.69, 9.17) is 4.74 Å². The first-order valence-corrected chi connectivity index (χ1v) is 6.02. The molecule has 0 aliphatic carbocycles. The van der Waals surface area contributed by atoms with Gasteiger partial charge in [0.1, 0.15) is 22.9 Å². The van der Waals surface area contributed by atoms with Gasteiger partial charge >= 0.3 is 0 Å². The number of hydrogen-bond acceptors (Lipinski definition) is 4. The van der Waals surface area contributed by atoms with Crippen molar-refractivity contribution in [2.24, 2.45) is 0 Å². The van der Waals surface area contributed by atoms with E-state index in [1.54, 1.807) is 7.11 Å². The molecule has 2 rings (SSSR count). The van der Waals surface area contributed by atoms with Crippen LogP contribution in [-0.2, 0) is 11.3 Å². The van der Waals surface area contributed by atoms with Gasteiger partial charge in [0.2, 0.25) is 0 Å². The van der Waals surface area contributed by atoms with E-state index in [-0.39, 0.29) is 0 Å². The Labute approximate surface area is 119 Å². The Bertz CT molecular complexity index is 635. The summed E-state index contributed by atoms with van der Waals surface area (Å²) in [7, 11) is 1.55. The summed E-state index contributed by atoms with van der Waals surface area (Å²) in [5.41, 5.74) is -0.305. The van der Waals surface area contributed by atoms with Crippen molar-refractivity contribution < 1.29 is 23.4 Å². The molecule has 1 aromatic carbocycles. The standard InChI is InChI=1S/C13H13F2N3O3/c1-21-3-2-18-7-9(6-16-18)17-13(20)12-10(15)4-8(14)5-11(12)19/h4-7,19H,2-3H2,1H3,(H,17,20). The molecule has 112 valence electrons. The summed E-state index contributed by atoms with van der Waals surface area (Å²) in [4.78, 5) is 11.9. The van der Waals surface area contributed by atoms with Crippen LogP contribution in [0, 0.1) is 11.6 Å². The number of anilines is 1. The fourth-order valence-electron chi connectivity index (χ4n) is 1.71. The van der Waals surface area contributed by atoms with Crippen LogP contribution in [0.2, 0.25) is 0 Å². The molecule has 0 saturated heterocycles. The van der Waals surface area contributed by atoms with Crippen molar-refractivity contribution in [2.75, 3.05) is 19.0 Å². The van der Waals surface area contributed by atoms with Gasteiger partial charge in [-0.05, 0) is 0 Å². The fraction of sp³-hybridized carbons (Fsp3) is 0.231. The highest BCUT2D eigenvalue weighted by molar-refractivity contribution is 6.06. The zero-order valence-electron chi connectivity index (χ0n) is 11.1. The first-order valence-electron chi connectivity index (χ1n) is 6.02. The number of phenolic OH excluding ortho intramolecular Hbond substituents is 1. The number of carbonyl (C=O) groups excluding carboxylic acids is 1. The molecule has 8 heteroatoms. The second-order valence-corrected chi connectivity index (χ2v) is 4.22. The van der Waals surface area contributed by atoms with Crippen molar-refractivity contribution in [1.29, 1.82) is 0 Å². The molecular formula is C13H13F2N3O3. The summed E-state index contributed by atoms with van der Waals surface area (Å²) in [5, 5.41) is 15.8. The maximum Gasteiger partial charge on any atom is 0.262 e. The van der Waals surface area contributed by atoms with Crippen LogP contribution in [0.3, 0.4) is 0 Å². The van der Waals surface area contributed by atoms with E-state index in [9.17, 15) is 18.7 Å². The number of amides is 1. The van der Waals surface area contributed by atoms with Crippen LogP contribution >= 0.6 is 0 Å². The topological polar surface area (TPSA) is 76.4 Å². The Hall–Kier alpha value is -2.48. The molecule has 1 amide bonds. The molecule has 1 aromatic heterocycles. The quantitative estimate of drug-likeness (QED) is 0.881. The predicted molar refractivity (Wildman–Crippen MR) is 70.1 cm³/mol. The number of nitrogens with zero attached hydrogens (tertiary/aromatic N) is 2. The Morgan fingerprint density at radius 1 is 1.48 bits per heavy atom. The van der Waals surface area contributed by atoms with Crippen molar-refractivity contribution in [3.63, 3.8) is 0 Å². The second-order valence-electron chi connectivity index (χ2n) is 4.22. The van der Waals surface area contributed by atoms with Gasteiger partial charge in [0.15, 0.2) is 0 Å². The normalized spacial score (nSPS) is 10.6. The second kappa shape index (κ2) is 6.31. The van der Waals surface area contributed by atoms with Crippen LogP contribution in [-0.4, -0.2) is 34.5 Å². The van der Waals surface area contributed by atoms with Crippen molar-refractivity contribution in [1.82, 2.24) is 9.78 Å². The average molecular weight is 297 g/mol. The van der Waals surface area contributed by atoms with Gasteiger partial charge in [-0.25, -0.2) is 8.78 Å². The lowest BCUT2D eigenvalue weighted by atomic mass is 10.1. The van der Waals surface area contributed by atoms with Gasteiger partial charge < -0.3 is 15.2 Å². The molecule has 0 spiro atoms. The number of ether oxygens (including phenoxy) is 1. The van der Waals surface area contributed by atoms with Crippen molar-refractivity contribution >= 4 is 11.6 Å². The molecule has 21 heavy (non-hydrogen) atoms. The number of aromatic hydroxyl groups is 1.